The quantitative estimate of drug-likeness (QED) is 0.684. The van der Waals surface area contributed by atoms with E-state index in [4.69, 9.17) is 6.42 Å². The standard InChI is InChI=1S/C22H27N3O2S/c1-4-15-28(26,27)23-16-22(19-9-11-21(12-10-19)24(2)3)25-14-13-18-7-5-6-8-20(18)17-25/h1,5-12,22-23H,13-17H2,2-3H3/p+1/t22-/m0/s1. The predicted molar refractivity (Wildman–Crippen MR) is 114 cm³/mol. The molecule has 0 aromatic heterocycles. The molecule has 0 saturated carbocycles. The molecule has 1 aliphatic rings. The number of hydrogen-bond acceptors (Lipinski definition) is 3. The van der Waals surface area contributed by atoms with Crippen molar-refractivity contribution in [2.24, 2.45) is 0 Å². The van der Waals surface area contributed by atoms with Crippen molar-refractivity contribution >= 4 is 15.7 Å². The number of hydrogen-bond donors (Lipinski definition) is 2. The summed E-state index contributed by atoms with van der Waals surface area (Å²) >= 11 is 0. The second-order valence-corrected chi connectivity index (χ2v) is 9.26. The van der Waals surface area contributed by atoms with E-state index in [9.17, 15) is 8.42 Å². The maximum Gasteiger partial charge on any atom is 0.223 e. The van der Waals surface area contributed by atoms with Crippen molar-refractivity contribution < 1.29 is 13.3 Å². The molecule has 0 saturated heterocycles. The number of benzene rings is 2. The van der Waals surface area contributed by atoms with Crippen LogP contribution in [0.25, 0.3) is 0 Å². The Morgan fingerprint density at radius 1 is 1.14 bits per heavy atom. The van der Waals surface area contributed by atoms with Gasteiger partial charge in [0.15, 0.2) is 0 Å². The van der Waals surface area contributed by atoms with Crippen LogP contribution in [-0.2, 0) is 23.0 Å². The van der Waals surface area contributed by atoms with Crippen molar-refractivity contribution in [3.05, 3.63) is 65.2 Å². The molecule has 3 rings (SSSR count). The number of quaternary nitrogens is 1. The molecule has 1 unspecified atom stereocenters. The lowest BCUT2D eigenvalue weighted by Gasteiger charge is -2.33. The van der Waals surface area contributed by atoms with Crippen LogP contribution < -0.4 is 14.5 Å². The van der Waals surface area contributed by atoms with Crippen LogP contribution in [0.3, 0.4) is 0 Å². The molecule has 5 nitrogen and oxygen atoms in total. The van der Waals surface area contributed by atoms with Gasteiger partial charge in [-0.25, -0.2) is 13.1 Å². The Bertz CT molecular complexity index is 946. The van der Waals surface area contributed by atoms with E-state index >= 15 is 0 Å². The molecule has 2 atom stereocenters. The molecular formula is C22H28N3O2S+. The van der Waals surface area contributed by atoms with Gasteiger partial charge in [-0.05, 0) is 17.7 Å². The average molecular weight is 399 g/mol. The molecule has 1 aliphatic heterocycles. The van der Waals surface area contributed by atoms with Gasteiger partial charge in [0.1, 0.15) is 18.3 Å². The molecule has 0 bridgehead atoms. The molecule has 0 amide bonds. The van der Waals surface area contributed by atoms with Gasteiger partial charge in [-0.15, -0.1) is 6.42 Å². The number of nitrogens with zero attached hydrogens (tertiary/aromatic N) is 1. The number of fused-ring (bicyclic) bond motifs is 1. The first-order chi connectivity index (χ1) is 13.4. The van der Waals surface area contributed by atoms with Gasteiger partial charge >= 0.3 is 0 Å². The number of anilines is 1. The second kappa shape index (κ2) is 8.78. The fourth-order valence-electron chi connectivity index (χ4n) is 3.77. The first kappa shape index (κ1) is 20.4. The number of terminal acetylenes is 1. The van der Waals surface area contributed by atoms with Crippen LogP contribution in [0, 0.1) is 12.3 Å². The Morgan fingerprint density at radius 2 is 1.82 bits per heavy atom. The van der Waals surface area contributed by atoms with Gasteiger partial charge in [0.25, 0.3) is 0 Å². The fraction of sp³-hybridized carbons (Fsp3) is 0.364. The monoisotopic (exact) mass is 398 g/mol. The van der Waals surface area contributed by atoms with Crippen molar-refractivity contribution in [1.29, 1.82) is 0 Å². The molecule has 0 fully saturated rings. The van der Waals surface area contributed by atoms with Gasteiger partial charge < -0.3 is 9.80 Å². The van der Waals surface area contributed by atoms with E-state index in [2.05, 4.69) is 64.1 Å². The van der Waals surface area contributed by atoms with Crippen molar-refractivity contribution in [1.82, 2.24) is 4.72 Å². The van der Waals surface area contributed by atoms with E-state index in [1.165, 1.54) is 16.0 Å². The van der Waals surface area contributed by atoms with Gasteiger partial charge in [-0.1, -0.05) is 42.3 Å². The lowest BCUT2D eigenvalue weighted by atomic mass is 9.96. The van der Waals surface area contributed by atoms with E-state index in [-0.39, 0.29) is 11.8 Å². The zero-order chi connectivity index (χ0) is 20.1. The topological polar surface area (TPSA) is 53.9 Å². The Balaban J connectivity index is 1.85. The van der Waals surface area contributed by atoms with Crippen LogP contribution in [0.5, 0.6) is 0 Å². The fourth-order valence-corrected chi connectivity index (χ4v) is 4.52. The molecule has 2 aromatic rings. The Kier molecular flexibility index (Phi) is 6.40. The highest BCUT2D eigenvalue weighted by Gasteiger charge is 2.29. The Hall–Kier alpha value is -2.33. The first-order valence-electron chi connectivity index (χ1n) is 9.49. The van der Waals surface area contributed by atoms with Crippen LogP contribution in [0.1, 0.15) is 22.7 Å². The van der Waals surface area contributed by atoms with Crippen LogP contribution in [0.4, 0.5) is 5.69 Å². The van der Waals surface area contributed by atoms with Crippen molar-refractivity contribution in [3.8, 4) is 12.3 Å². The Labute approximate surface area is 168 Å². The summed E-state index contributed by atoms with van der Waals surface area (Å²) in [4.78, 5) is 3.41. The first-order valence-corrected chi connectivity index (χ1v) is 11.1. The van der Waals surface area contributed by atoms with Crippen molar-refractivity contribution in [2.75, 3.05) is 37.8 Å². The number of rotatable bonds is 7. The third-order valence-corrected chi connectivity index (χ3v) is 6.49. The van der Waals surface area contributed by atoms with Gasteiger partial charge in [0.05, 0.1) is 13.1 Å². The molecule has 0 spiro atoms. The zero-order valence-corrected chi connectivity index (χ0v) is 17.3. The summed E-state index contributed by atoms with van der Waals surface area (Å²) in [7, 11) is 0.551. The van der Waals surface area contributed by atoms with Crippen molar-refractivity contribution in [3.63, 3.8) is 0 Å². The summed E-state index contributed by atoms with van der Waals surface area (Å²) in [5.41, 5.74) is 4.98. The highest BCUT2D eigenvalue weighted by atomic mass is 32.2. The maximum absolute atomic E-state index is 12.1. The molecule has 0 radical (unpaired) electrons. The molecule has 148 valence electrons. The molecule has 2 N–H and O–H groups in total. The van der Waals surface area contributed by atoms with Gasteiger partial charge in [0, 0.05) is 37.3 Å². The van der Waals surface area contributed by atoms with Gasteiger partial charge in [0.2, 0.25) is 10.0 Å². The smallest absolute Gasteiger partial charge is 0.223 e. The molecule has 28 heavy (non-hydrogen) atoms. The minimum Gasteiger partial charge on any atom is -0.378 e. The van der Waals surface area contributed by atoms with Crippen LogP contribution in [0.15, 0.2) is 48.5 Å². The van der Waals surface area contributed by atoms with E-state index in [0.717, 1.165) is 30.8 Å². The Morgan fingerprint density at radius 3 is 2.46 bits per heavy atom. The minimum absolute atomic E-state index is 0.0251. The maximum atomic E-state index is 12.1. The average Bonchev–Trinajstić information content (AvgIpc) is 2.68. The predicted octanol–water partition coefficient (Wildman–Crippen LogP) is 0.988. The lowest BCUT2D eigenvalue weighted by molar-refractivity contribution is -0.945. The summed E-state index contributed by atoms with van der Waals surface area (Å²) in [5.74, 6) is 1.93. The van der Waals surface area contributed by atoms with Gasteiger partial charge in [-0.3, -0.25) is 0 Å². The summed E-state index contributed by atoms with van der Waals surface area (Å²) in [6.45, 7) is 2.18. The van der Waals surface area contributed by atoms with E-state index in [0.29, 0.717) is 6.54 Å². The number of sulfonamides is 1. The summed E-state index contributed by atoms with van der Waals surface area (Å²) in [6, 6.07) is 16.9. The summed E-state index contributed by atoms with van der Waals surface area (Å²) < 4.78 is 27.0. The molecular weight excluding hydrogens is 370 g/mol. The second-order valence-electron chi connectivity index (χ2n) is 7.45. The van der Waals surface area contributed by atoms with Gasteiger partial charge in [-0.2, -0.15) is 0 Å². The summed E-state index contributed by atoms with van der Waals surface area (Å²) in [6.07, 6.45) is 6.19. The normalized spacial score (nSPS) is 17.4. The third kappa shape index (κ3) is 4.93. The minimum atomic E-state index is -3.46. The molecule has 6 heteroatoms. The molecule has 1 heterocycles. The van der Waals surface area contributed by atoms with Crippen molar-refractivity contribution in [2.45, 2.75) is 19.0 Å². The van der Waals surface area contributed by atoms with E-state index < -0.39 is 10.0 Å². The van der Waals surface area contributed by atoms with Crippen LogP contribution in [0.2, 0.25) is 0 Å². The highest BCUT2D eigenvalue weighted by Crippen LogP contribution is 2.18. The largest absolute Gasteiger partial charge is 0.378 e. The summed E-state index contributed by atoms with van der Waals surface area (Å²) in [5, 5.41) is 0. The number of nitrogens with one attached hydrogen (secondary N) is 2. The lowest BCUT2D eigenvalue weighted by Crippen LogP contribution is -3.12. The molecule has 0 aliphatic carbocycles. The van der Waals surface area contributed by atoms with Crippen LogP contribution >= 0.6 is 0 Å². The highest BCUT2D eigenvalue weighted by molar-refractivity contribution is 7.89. The van der Waals surface area contributed by atoms with Crippen LogP contribution in [-0.4, -0.2) is 41.4 Å². The zero-order valence-electron chi connectivity index (χ0n) is 16.5. The molecule has 2 aromatic carbocycles. The SMILES string of the molecule is C#CCS(=O)(=O)NC[C@@H](c1ccc(N(C)C)cc1)[NH+]1CCc2ccccc2C1. The van der Waals surface area contributed by atoms with E-state index in [1.807, 2.05) is 14.1 Å². The third-order valence-electron chi connectivity index (χ3n) is 5.34. The van der Waals surface area contributed by atoms with E-state index in [1.54, 1.807) is 0 Å².